The maximum Gasteiger partial charge on any atom is 0.414 e. The number of carbonyl (C=O) groups excluding carboxylic acids is 3. The molecule has 1 aliphatic heterocycles. The van der Waals surface area contributed by atoms with Crippen LogP contribution in [0.3, 0.4) is 0 Å². The first kappa shape index (κ1) is 23.2. The Bertz CT molecular complexity index is 996. The Hall–Kier alpha value is -3.46. The monoisotopic (exact) mass is 442 g/mol. The number of nitrogens with zero attached hydrogens (tertiary/aromatic N) is 1. The van der Waals surface area contributed by atoms with Crippen LogP contribution in [0.15, 0.2) is 42.5 Å². The number of anilines is 1. The molecule has 3 rings (SSSR count). The van der Waals surface area contributed by atoms with Gasteiger partial charge in [-0.25, -0.2) is 9.18 Å². The number of halogens is 1. The lowest BCUT2D eigenvalue weighted by Crippen LogP contribution is -2.39. The molecular formula is C23H27FN4O4. The molecule has 0 radical (unpaired) electrons. The molecule has 3 amide bonds. The van der Waals surface area contributed by atoms with E-state index in [-0.39, 0.29) is 24.9 Å². The third kappa shape index (κ3) is 5.61. The fourth-order valence-corrected chi connectivity index (χ4v) is 3.31. The number of nitrogens with two attached hydrogens (primary N) is 1. The smallest absolute Gasteiger partial charge is 0.414 e. The van der Waals surface area contributed by atoms with Gasteiger partial charge in [0.05, 0.1) is 24.8 Å². The van der Waals surface area contributed by atoms with Gasteiger partial charge in [0.2, 0.25) is 11.8 Å². The molecule has 0 aliphatic carbocycles. The average molecular weight is 442 g/mol. The molecule has 9 heteroatoms. The van der Waals surface area contributed by atoms with Gasteiger partial charge in [-0.15, -0.1) is 0 Å². The zero-order chi connectivity index (χ0) is 23.3. The largest absolute Gasteiger partial charge is 0.442 e. The first-order chi connectivity index (χ1) is 15.3. The number of rotatable bonds is 8. The van der Waals surface area contributed by atoms with Crippen molar-refractivity contribution in [3.05, 3.63) is 53.8 Å². The highest BCUT2D eigenvalue weighted by atomic mass is 19.1. The quantitative estimate of drug-likeness (QED) is 0.581. The van der Waals surface area contributed by atoms with E-state index in [1.54, 1.807) is 24.3 Å². The molecule has 2 aromatic rings. The minimum absolute atomic E-state index is 0.204. The first-order valence-electron chi connectivity index (χ1n) is 10.4. The highest BCUT2D eigenvalue weighted by Crippen LogP contribution is 2.29. The lowest BCUT2D eigenvalue weighted by atomic mass is 10.0. The van der Waals surface area contributed by atoms with E-state index in [4.69, 9.17) is 10.5 Å². The van der Waals surface area contributed by atoms with Crippen LogP contribution in [-0.4, -0.2) is 43.1 Å². The summed E-state index contributed by atoms with van der Waals surface area (Å²) < 4.78 is 20.1. The minimum Gasteiger partial charge on any atom is -0.442 e. The first-order valence-corrected chi connectivity index (χ1v) is 10.4. The molecule has 1 heterocycles. The summed E-state index contributed by atoms with van der Waals surface area (Å²) in [5, 5.41) is 5.38. The van der Waals surface area contributed by atoms with E-state index in [2.05, 4.69) is 10.6 Å². The van der Waals surface area contributed by atoms with Crippen LogP contribution >= 0.6 is 0 Å². The molecule has 2 aromatic carbocycles. The van der Waals surface area contributed by atoms with Crippen LogP contribution in [0.5, 0.6) is 0 Å². The normalized spacial score (nSPS) is 16.4. The van der Waals surface area contributed by atoms with Crippen LogP contribution in [0.1, 0.15) is 25.8 Å². The summed E-state index contributed by atoms with van der Waals surface area (Å²) in [6.45, 7) is 3.99. The van der Waals surface area contributed by atoms with Crippen LogP contribution in [-0.2, 0) is 20.9 Å². The Morgan fingerprint density at radius 1 is 1.22 bits per heavy atom. The molecule has 0 aromatic heterocycles. The van der Waals surface area contributed by atoms with Crippen molar-refractivity contribution < 1.29 is 23.5 Å². The van der Waals surface area contributed by atoms with Crippen molar-refractivity contribution in [1.82, 2.24) is 10.6 Å². The summed E-state index contributed by atoms with van der Waals surface area (Å²) in [6.07, 6.45) is -0.513. The number of benzene rings is 2. The molecule has 1 aliphatic rings. The number of hydrogen-bond acceptors (Lipinski definition) is 5. The maximum absolute atomic E-state index is 14.8. The van der Waals surface area contributed by atoms with Crippen molar-refractivity contribution in [3.8, 4) is 11.1 Å². The van der Waals surface area contributed by atoms with Gasteiger partial charge < -0.3 is 21.1 Å². The molecule has 0 bridgehead atoms. The SMILES string of the molecule is CC[C@H](N)C(=O)NCc1ccc(-c2ccc(N3C[C@H](CNC(C)=O)OC3=O)cc2F)cc1. The lowest BCUT2D eigenvalue weighted by Gasteiger charge is -2.15. The van der Waals surface area contributed by atoms with Crippen molar-refractivity contribution in [3.63, 3.8) is 0 Å². The number of carbonyl (C=O) groups is 3. The highest BCUT2D eigenvalue weighted by molar-refractivity contribution is 5.90. The van der Waals surface area contributed by atoms with Crippen molar-refractivity contribution in [1.29, 1.82) is 0 Å². The fraction of sp³-hybridized carbons (Fsp3) is 0.348. The summed E-state index contributed by atoms with van der Waals surface area (Å²) in [7, 11) is 0. The minimum atomic E-state index is -0.582. The van der Waals surface area contributed by atoms with Crippen molar-refractivity contribution in [2.24, 2.45) is 5.73 Å². The molecule has 1 saturated heterocycles. The van der Waals surface area contributed by atoms with E-state index in [9.17, 15) is 18.8 Å². The number of hydrogen-bond donors (Lipinski definition) is 3. The summed E-state index contributed by atoms with van der Waals surface area (Å²) >= 11 is 0. The summed E-state index contributed by atoms with van der Waals surface area (Å²) in [6, 6.07) is 11.2. The third-order valence-electron chi connectivity index (χ3n) is 5.23. The van der Waals surface area contributed by atoms with Crippen LogP contribution < -0.4 is 21.3 Å². The molecule has 0 saturated carbocycles. The van der Waals surface area contributed by atoms with E-state index in [1.807, 2.05) is 19.1 Å². The van der Waals surface area contributed by atoms with Gasteiger partial charge in [-0.2, -0.15) is 0 Å². The molecule has 0 spiro atoms. The Kier molecular flexibility index (Phi) is 7.42. The number of cyclic esters (lactones) is 1. The van der Waals surface area contributed by atoms with Gasteiger partial charge in [-0.05, 0) is 35.7 Å². The van der Waals surface area contributed by atoms with Crippen LogP contribution in [0.4, 0.5) is 14.9 Å². The van der Waals surface area contributed by atoms with Crippen LogP contribution in [0.2, 0.25) is 0 Å². The molecule has 1 fully saturated rings. The van der Waals surface area contributed by atoms with Crippen LogP contribution in [0, 0.1) is 5.82 Å². The van der Waals surface area contributed by atoms with Gasteiger partial charge in [-0.1, -0.05) is 31.2 Å². The summed E-state index contributed by atoms with van der Waals surface area (Å²) in [4.78, 5) is 36.3. The van der Waals surface area contributed by atoms with E-state index < -0.39 is 24.1 Å². The van der Waals surface area contributed by atoms with E-state index in [1.165, 1.54) is 17.9 Å². The Morgan fingerprint density at radius 3 is 2.56 bits per heavy atom. The predicted octanol–water partition coefficient (Wildman–Crippen LogP) is 2.31. The molecule has 8 nitrogen and oxygen atoms in total. The van der Waals surface area contributed by atoms with Gasteiger partial charge in [-0.3, -0.25) is 14.5 Å². The van der Waals surface area contributed by atoms with Gasteiger partial charge >= 0.3 is 6.09 Å². The zero-order valence-corrected chi connectivity index (χ0v) is 18.1. The van der Waals surface area contributed by atoms with E-state index in [0.717, 1.165) is 5.56 Å². The zero-order valence-electron chi connectivity index (χ0n) is 18.1. The lowest BCUT2D eigenvalue weighted by molar-refractivity contribution is -0.122. The van der Waals surface area contributed by atoms with Gasteiger partial charge in [0.1, 0.15) is 11.9 Å². The topological polar surface area (TPSA) is 114 Å². The van der Waals surface area contributed by atoms with E-state index in [0.29, 0.717) is 29.8 Å². The van der Waals surface area contributed by atoms with Crippen molar-refractivity contribution in [2.45, 2.75) is 39.0 Å². The second-order valence-electron chi connectivity index (χ2n) is 7.65. The van der Waals surface area contributed by atoms with Crippen molar-refractivity contribution >= 4 is 23.6 Å². The van der Waals surface area contributed by atoms with Gasteiger partial charge in [0.25, 0.3) is 0 Å². The Balaban J connectivity index is 1.66. The van der Waals surface area contributed by atoms with Gasteiger partial charge in [0, 0.05) is 19.0 Å². The summed E-state index contributed by atoms with van der Waals surface area (Å²) in [5.41, 5.74) is 8.00. The number of ether oxygens (including phenoxy) is 1. The van der Waals surface area contributed by atoms with E-state index >= 15 is 0 Å². The maximum atomic E-state index is 14.8. The standard InChI is InChI=1S/C23H27FN4O4/c1-3-21(25)22(30)27-11-15-4-6-16(7-5-15)19-9-8-17(10-20(19)24)28-13-18(32-23(28)31)12-26-14(2)29/h4-10,18,21H,3,11-13,25H2,1-2H3,(H,26,29)(H,27,30)/t18-,21-/m0/s1. The predicted molar refractivity (Wildman–Crippen MR) is 118 cm³/mol. The Labute approximate surface area is 185 Å². The molecule has 2 atom stereocenters. The Morgan fingerprint density at radius 2 is 1.94 bits per heavy atom. The van der Waals surface area contributed by atoms with Crippen LogP contribution in [0.25, 0.3) is 11.1 Å². The molecule has 0 unspecified atom stereocenters. The number of amides is 3. The second kappa shape index (κ2) is 10.2. The molecule has 4 N–H and O–H groups in total. The third-order valence-corrected chi connectivity index (χ3v) is 5.23. The molecule has 170 valence electrons. The fourth-order valence-electron chi connectivity index (χ4n) is 3.31. The summed E-state index contributed by atoms with van der Waals surface area (Å²) in [5.74, 6) is -0.902. The number of nitrogens with one attached hydrogen (secondary N) is 2. The molecule has 32 heavy (non-hydrogen) atoms. The van der Waals surface area contributed by atoms with Crippen molar-refractivity contribution in [2.75, 3.05) is 18.0 Å². The average Bonchev–Trinajstić information content (AvgIpc) is 3.16. The molecular weight excluding hydrogens is 415 g/mol. The second-order valence-corrected chi connectivity index (χ2v) is 7.65. The van der Waals surface area contributed by atoms with Gasteiger partial charge in [0.15, 0.2) is 0 Å². The highest BCUT2D eigenvalue weighted by Gasteiger charge is 2.32.